The first-order valence-corrected chi connectivity index (χ1v) is 10.4. The van der Waals surface area contributed by atoms with Crippen molar-refractivity contribution in [3.63, 3.8) is 0 Å². The molecule has 0 aromatic rings. The van der Waals surface area contributed by atoms with Crippen LogP contribution in [-0.4, -0.2) is 50.6 Å². The summed E-state index contributed by atoms with van der Waals surface area (Å²) in [5.74, 6) is 0.0476. The molecule has 0 aromatic carbocycles. The molecule has 4 N–H and O–H groups in total. The van der Waals surface area contributed by atoms with Crippen LogP contribution in [0, 0.1) is 34.5 Å². The zero-order valence-corrected chi connectivity index (χ0v) is 16.0. The first-order valence-electron chi connectivity index (χ1n) is 10.4. The van der Waals surface area contributed by atoms with Gasteiger partial charge in [-0.2, -0.15) is 0 Å². The summed E-state index contributed by atoms with van der Waals surface area (Å²) in [6.07, 6.45) is 5.21. The Morgan fingerprint density at radius 2 is 1.73 bits per heavy atom. The summed E-state index contributed by atoms with van der Waals surface area (Å²) in [6, 6.07) is 0. The minimum atomic E-state index is -1.05. The Kier molecular flexibility index (Phi) is 4.35. The first kappa shape index (κ1) is 18.9. The Bertz CT molecular complexity index is 593. The number of carbonyl (C=O) groups excluding carboxylic acids is 1. The monoisotopic (exact) mass is 366 g/mol. The lowest BCUT2D eigenvalue weighted by Crippen LogP contribution is -2.67. The summed E-state index contributed by atoms with van der Waals surface area (Å²) >= 11 is 0. The van der Waals surface area contributed by atoms with E-state index in [0.717, 1.165) is 32.1 Å². The van der Waals surface area contributed by atoms with Gasteiger partial charge in [-0.25, -0.2) is 0 Å². The number of carbonyl (C=O) groups is 1. The zero-order chi connectivity index (χ0) is 18.9. The average molecular weight is 366 g/mol. The summed E-state index contributed by atoms with van der Waals surface area (Å²) in [7, 11) is 0. The fourth-order valence-corrected chi connectivity index (χ4v) is 7.81. The van der Waals surface area contributed by atoms with Gasteiger partial charge in [0.25, 0.3) is 0 Å². The summed E-state index contributed by atoms with van der Waals surface area (Å²) < 4.78 is 0. The van der Waals surface area contributed by atoms with Crippen molar-refractivity contribution in [2.75, 3.05) is 6.61 Å². The van der Waals surface area contributed by atoms with E-state index in [9.17, 15) is 25.2 Å². The summed E-state index contributed by atoms with van der Waals surface area (Å²) in [6.45, 7) is 3.65. The van der Waals surface area contributed by atoms with Crippen molar-refractivity contribution in [1.82, 2.24) is 0 Å². The lowest BCUT2D eigenvalue weighted by Gasteiger charge is -2.64. The number of ketones is 1. The van der Waals surface area contributed by atoms with E-state index in [1.165, 1.54) is 0 Å². The highest BCUT2D eigenvalue weighted by Gasteiger charge is 2.71. The molecule has 5 nitrogen and oxygen atoms in total. The molecule has 0 saturated heterocycles. The molecule has 0 heterocycles. The molecule has 4 fully saturated rings. The standard InChI is InChI=1S/C21H34O5/c1-19-7-5-13(23)9-12(19)3-4-14-16(19)10-18(25)20(2)15(17(24)11-22)6-8-21(14,20)26/h12-16,18,22-23,25-26H,3-11H2,1-2H3/t12-,13+,14-,15-,16+,18-,19+,20+,21+/m1/s1. The van der Waals surface area contributed by atoms with Crippen LogP contribution in [-0.2, 0) is 4.79 Å². The van der Waals surface area contributed by atoms with E-state index < -0.39 is 29.6 Å². The molecular weight excluding hydrogens is 332 g/mol. The summed E-state index contributed by atoms with van der Waals surface area (Å²) in [5.41, 5.74) is -1.88. The molecule has 148 valence electrons. The first-order chi connectivity index (χ1) is 12.2. The highest BCUT2D eigenvalue weighted by Crippen LogP contribution is 2.69. The van der Waals surface area contributed by atoms with Crippen LogP contribution >= 0.6 is 0 Å². The van der Waals surface area contributed by atoms with Gasteiger partial charge in [-0.05, 0) is 74.5 Å². The molecule has 0 radical (unpaired) electrons. The second-order valence-corrected chi connectivity index (χ2v) is 10.1. The fraction of sp³-hybridized carbons (Fsp3) is 0.952. The summed E-state index contributed by atoms with van der Waals surface area (Å²) in [4.78, 5) is 12.3. The molecule has 4 rings (SSSR count). The SMILES string of the molecule is C[C@]12CC[C@H](O)C[C@H]1CC[C@@H]1[C@@H]2C[C@@H](O)[C@]2(C)[C@@H](C(=O)CO)CC[C@]12O. The average Bonchev–Trinajstić information content (AvgIpc) is 2.89. The molecule has 0 unspecified atom stereocenters. The van der Waals surface area contributed by atoms with E-state index in [-0.39, 0.29) is 29.1 Å². The topological polar surface area (TPSA) is 98.0 Å². The van der Waals surface area contributed by atoms with Crippen LogP contribution in [0.15, 0.2) is 0 Å². The Balaban J connectivity index is 1.71. The molecular formula is C21H34O5. The third kappa shape index (κ3) is 2.20. The lowest BCUT2D eigenvalue weighted by atomic mass is 9.42. The van der Waals surface area contributed by atoms with E-state index in [2.05, 4.69) is 6.92 Å². The highest BCUT2D eigenvalue weighted by molar-refractivity contribution is 5.83. The number of aliphatic hydroxyl groups excluding tert-OH is 3. The van der Waals surface area contributed by atoms with Gasteiger partial charge in [0.05, 0.1) is 17.8 Å². The van der Waals surface area contributed by atoms with E-state index >= 15 is 0 Å². The van der Waals surface area contributed by atoms with Gasteiger partial charge >= 0.3 is 0 Å². The van der Waals surface area contributed by atoms with Gasteiger partial charge in [-0.1, -0.05) is 13.8 Å². The molecule has 4 aliphatic rings. The van der Waals surface area contributed by atoms with E-state index in [1.807, 2.05) is 6.92 Å². The van der Waals surface area contributed by atoms with Crippen LogP contribution in [0.5, 0.6) is 0 Å². The van der Waals surface area contributed by atoms with Crippen molar-refractivity contribution < 1.29 is 25.2 Å². The largest absolute Gasteiger partial charge is 0.393 e. The minimum absolute atomic E-state index is 0.0409. The summed E-state index contributed by atoms with van der Waals surface area (Å²) in [5, 5.41) is 42.5. The minimum Gasteiger partial charge on any atom is -0.393 e. The quantitative estimate of drug-likeness (QED) is 0.596. The number of fused-ring (bicyclic) bond motifs is 5. The molecule has 4 saturated carbocycles. The predicted molar refractivity (Wildman–Crippen MR) is 96.2 cm³/mol. The van der Waals surface area contributed by atoms with Crippen molar-refractivity contribution >= 4 is 5.78 Å². The molecule has 0 aromatic heterocycles. The normalized spacial score (nSPS) is 56.4. The maximum atomic E-state index is 12.3. The number of hydrogen-bond acceptors (Lipinski definition) is 5. The van der Waals surface area contributed by atoms with Crippen LogP contribution in [0.1, 0.15) is 65.2 Å². The van der Waals surface area contributed by atoms with E-state index in [1.54, 1.807) is 0 Å². The second-order valence-electron chi connectivity index (χ2n) is 10.1. The third-order valence-corrected chi connectivity index (χ3v) is 9.46. The molecule has 9 atom stereocenters. The molecule has 0 amide bonds. The maximum absolute atomic E-state index is 12.3. The highest BCUT2D eigenvalue weighted by atomic mass is 16.3. The van der Waals surface area contributed by atoms with Gasteiger partial charge < -0.3 is 20.4 Å². The van der Waals surface area contributed by atoms with Crippen molar-refractivity contribution in [1.29, 1.82) is 0 Å². The molecule has 0 bridgehead atoms. The second kappa shape index (κ2) is 6.00. The van der Waals surface area contributed by atoms with Crippen molar-refractivity contribution in [3.8, 4) is 0 Å². The number of Topliss-reactive ketones (excluding diaryl/α,β-unsaturated/α-hetero) is 1. The number of aliphatic hydroxyl groups is 4. The van der Waals surface area contributed by atoms with Gasteiger partial charge in [0.1, 0.15) is 6.61 Å². The van der Waals surface area contributed by atoms with Gasteiger partial charge in [0.15, 0.2) is 5.78 Å². The van der Waals surface area contributed by atoms with Crippen molar-refractivity contribution in [3.05, 3.63) is 0 Å². The maximum Gasteiger partial charge on any atom is 0.161 e. The van der Waals surface area contributed by atoms with E-state index in [4.69, 9.17) is 0 Å². The van der Waals surface area contributed by atoms with Gasteiger partial charge in [-0.15, -0.1) is 0 Å². The van der Waals surface area contributed by atoms with E-state index in [0.29, 0.717) is 25.2 Å². The molecule has 0 spiro atoms. The van der Waals surface area contributed by atoms with Crippen molar-refractivity contribution in [2.24, 2.45) is 34.5 Å². The van der Waals surface area contributed by atoms with Crippen LogP contribution < -0.4 is 0 Å². The van der Waals surface area contributed by atoms with Gasteiger partial charge in [0, 0.05) is 11.3 Å². The fourth-order valence-electron chi connectivity index (χ4n) is 7.81. The zero-order valence-electron chi connectivity index (χ0n) is 16.0. The molecule has 5 heteroatoms. The molecule has 0 aliphatic heterocycles. The Morgan fingerprint density at radius 1 is 1.00 bits per heavy atom. The van der Waals surface area contributed by atoms with Gasteiger partial charge in [-0.3, -0.25) is 4.79 Å². The molecule has 26 heavy (non-hydrogen) atoms. The van der Waals surface area contributed by atoms with Crippen LogP contribution in [0.3, 0.4) is 0 Å². The van der Waals surface area contributed by atoms with Crippen LogP contribution in [0.2, 0.25) is 0 Å². The molecule has 4 aliphatic carbocycles. The van der Waals surface area contributed by atoms with Crippen LogP contribution in [0.25, 0.3) is 0 Å². The van der Waals surface area contributed by atoms with Crippen molar-refractivity contribution in [2.45, 2.75) is 83.0 Å². The smallest absolute Gasteiger partial charge is 0.161 e. The predicted octanol–water partition coefficient (Wildman–Crippen LogP) is 1.65. The third-order valence-electron chi connectivity index (χ3n) is 9.46. The Morgan fingerprint density at radius 3 is 2.42 bits per heavy atom. The number of rotatable bonds is 2. The number of hydrogen-bond donors (Lipinski definition) is 4. The lowest BCUT2D eigenvalue weighted by molar-refractivity contribution is -0.246. The van der Waals surface area contributed by atoms with Crippen LogP contribution in [0.4, 0.5) is 0 Å². The Labute approximate surface area is 155 Å². The Hall–Kier alpha value is -0.490. The van der Waals surface area contributed by atoms with Gasteiger partial charge in [0.2, 0.25) is 0 Å².